The van der Waals surface area contributed by atoms with Gasteiger partial charge in [0.15, 0.2) is 0 Å². The smallest absolute Gasteiger partial charge is 0.0581 e. The second kappa shape index (κ2) is 6.59. The minimum Gasteiger partial charge on any atom is -0.395 e. The molecule has 84 valence electrons. The fourth-order valence-corrected chi connectivity index (χ4v) is 1.46. The largest absolute Gasteiger partial charge is 0.395 e. The fourth-order valence-electron chi connectivity index (χ4n) is 1.46. The minimum atomic E-state index is 0.211. The van der Waals surface area contributed by atoms with Gasteiger partial charge in [-0.05, 0) is 38.8 Å². The second-order valence-electron chi connectivity index (χ2n) is 4.13. The molecule has 0 spiro atoms. The van der Waals surface area contributed by atoms with E-state index in [9.17, 15) is 0 Å². The Bertz CT molecular complexity index is 268. The van der Waals surface area contributed by atoms with Gasteiger partial charge in [-0.15, -0.1) is 0 Å². The molecule has 0 aliphatic heterocycles. The van der Waals surface area contributed by atoms with E-state index < -0.39 is 0 Å². The third kappa shape index (κ3) is 4.96. The molecule has 0 saturated carbocycles. The highest BCUT2D eigenvalue weighted by Crippen LogP contribution is 2.05. The van der Waals surface area contributed by atoms with Gasteiger partial charge in [0, 0.05) is 6.04 Å². The molecule has 0 aliphatic carbocycles. The summed E-state index contributed by atoms with van der Waals surface area (Å²) in [6.07, 6.45) is 2.22. The maximum absolute atomic E-state index is 8.82. The average Bonchev–Trinajstić information content (AvgIpc) is 2.26. The van der Waals surface area contributed by atoms with Crippen molar-refractivity contribution in [2.45, 2.75) is 32.7 Å². The van der Waals surface area contributed by atoms with E-state index in [4.69, 9.17) is 5.11 Å². The Labute approximate surface area is 92.3 Å². The van der Waals surface area contributed by atoms with Crippen LogP contribution in [0.1, 0.15) is 24.5 Å². The molecule has 1 rings (SSSR count). The molecule has 2 nitrogen and oxygen atoms in total. The molecular formula is C13H21NO. The van der Waals surface area contributed by atoms with Crippen molar-refractivity contribution in [3.8, 4) is 0 Å². The molecule has 2 N–H and O–H groups in total. The van der Waals surface area contributed by atoms with Crippen LogP contribution in [-0.2, 0) is 6.42 Å². The summed E-state index contributed by atoms with van der Waals surface area (Å²) in [4.78, 5) is 0. The normalized spacial score (nSPS) is 12.7. The highest BCUT2D eigenvalue weighted by molar-refractivity contribution is 5.21. The molecule has 0 fully saturated rings. The Morgan fingerprint density at radius 3 is 2.53 bits per heavy atom. The first-order chi connectivity index (χ1) is 7.22. The standard InChI is InChI=1S/C13H21NO/c1-11-5-7-13(8-6-11)4-3-9-14-12(2)10-15/h5-8,12,14-15H,3-4,9-10H2,1-2H3. The summed E-state index contributed by atoms with van der Waals surface area (Å²) in [5.41, 5.74) is 2.70. The summed E-state index contributed by atoms with van der Waals surface area (Å²) >= 11 is 0. The van der Waals surface area contributed by atoms with Crippen molar-refractivity contribution in [3.05, 3.63) is 35.4 Å². The van der Waals surface area contributed by atoms with Gasteiger partial charge in [-0.25, -0.2) is 0 Å². The minimum absolute atomic E-state index is 0.211. The van der Waals surface area contributed by atoms with Crippen molar-refractivity contribution in [2.24, 2.45) is 0 Å². The molecule has 0 heterocycles. The monoisotopic (exact) mass is 207 g/mol. The lowest BCUT2D eigenvalue weighted by Gasteiger charge is -2.10. The lowest BCUT2D eigenvalue weighted by atomic mass is 10.1. The SMILES string of the molecule is Cc1ccc(CCCNC(C)CO)cc1. The Hall–Kier alpha value is -0.860. The third-order valence-electron chi connectivity index (χ3n) is 2.53. The number of rotatable bonds is 6. The molecule has 1 unspecified atom stereocenters. The fraction of sp³-hybridized carbons (Fsp3) is 0.538. The third-order valence-corrected chi connectivity index (χ3v) is 2.53. The number of aliphatic hydroxyl groups is 1. The van der Waals surface area contributed by atoms with E-state index in [2.05, 4.69) is 36.5 Å². The van der Waals surface area contributed by atoms with Gasteiger partial charge < -0.3 is 10.4 Å². The van der Waals surface area contributed by atoms with Crippen LogP contribution >= 0.6 is 0 Å². The Kier molecular flexibility index (Phi) is 5.37. The van der Waals surface area contributed by atoms with Crippen LogP contribution in [0.25, 0.3) is 0 Å². The van der Waals surface area contributed by atoms with Crippen molar-refractivity contribution < 1.29 is 5.11 Å². The molecule has 1 atom stereocenters. The van der Waals surface area contributed by atoms with E-state index in [1.54, 1.807) is 0 Å². The molecule has 15 heavy (non-hydrogen) atoms. The molecular weight excluding hydrogens is 186 g/mol. The van der Waals surface area contributed by atoms with E-state index in [-0.39, 0.29) is 12.6 Å². The quantitative estimate of drug-likeness (QED) is 0.698. The van der Waals surface area contributed by atoms with Gasteiger partial charge in [0.1, 0.15) is 0 Å². The van der Waals surface area contributed by atoms with E-state index >= 15 is 0 Å². The van der Waals surface area contributed by atoms with Gasteiger partial charge >= 0.3 is 0 Å². The topological polar surface area (TPSA) is 32.3 Å². The molecule has 0 radical (unpaired) electrons. The lowest BCUT2D eigenvalue weighted by molar-refractivity contribution is 0.251. The van der Waals surface area contributed by atoms with Crippen LogP contribution in [-0.4, -0.2) is 24.3 Å². The second-order valence-corrected chi connectivity index (χ2v) is 4.13. The molecule has 1 aromatic rings. The van der Waals surface area contributed by atoms with Crippen molar-refractivity contribution in [3.63, 3.8) is 0 Å². The number of hydrogen-bond acceptors (Lipinski definition) is 2. The first-order valence-electron chi connectivity index (χ1n) is 5.62. The Balaban J connectivity index is 2.17. The maximum Gasteiger partial charge on any atom is 0.0581 e. The molecule has 1 aromatic carbocycles. The highest BCUT2D eigenvalue weighted by atomic mass is 16.3. The van der Waals surface area contributed by atoms with Gasteiger partial charge in [0.2, 0.25) is 0 Å². The van der Waals surface area contributed by atoms with Crippen molar-refractivity contribution in [1.82, 2.24) is 5.32 Å². The summed E-state index contributed by atoms with van der Waals surface area (Å²) in [7, 11) is 0. The van der Waals surface area contributed by atoms with E-state index in [1.165, 1.54) is 11.1 Å². The van der Waals surface area contributed by atoms with Crippen LogP contribution in [0.2, 0.25) is 0 Å². The van der Waals surface area contributed by atoms with Crippen molar-refractivity contribution >= 4 is 0 Å². The number of benzene rings is 1. The molecule has 0 aliphatic rings. The Morgan fingerprint density at radius 1 is 1.27 bits per heavy atom. The van der Waals surface area contributed by atoms with Crippen molar-refractivity contribution in [2.75, 3.05) is 13.2 Å². The maximum atomic E-state index is 8.82. The summed E-state index contributed by atoms with van der Waals surface area (Å²) in [5, 5.41) is 12.1. The zero-order valence-corrected chi connectivity index (χ0v) is 9.66. The van der Waals surface area contributed by atoms with Gasteiger partial charge in [-0.3, -0.25) is 0 Å². The predicted molar refractivity (Wildman–Crippen MR) is 64.1 cm³/mol. The van der Waals surface area contributed by atoms with Gasteiger partial charge in [0.25, 0.3) is 0 Å². The molecule has 2 heteroatoms. The van der Waals surface area contributed by atoms with E-state index in [0.29, 0.717) is 0 Å². The molecule has 0 amide bonds. The highest BCUT2D eigenvalue weighted by Gasteiger charge is 1.97. The number of aliphatic hydroxyl groups excluding tert-OH is 1. The van der Waals surface area contributed by atoms with Crippen LogP contribution in [0, 0.1) is 6.92 Å². The van der Waals surface area contributed by atoms with Crippen LogP contribution < -0.4 is 5.32 Å². The summed E-state index contributed by atoms with van der Waals surface area (Å²) < 4.78 is 0. The van der Waals surface area contributed by atoms with Crippen molar-refractivity contribution in [1.29, 1.82) is 0 Å². The number of aryl methyl sites for hydroxylation is 2. The van der Waals surface area contributed by atoms with Crippen LogP contribution in [0.4, 0.5) is 0 Å². The van der Waals surface area contributed by atoms with Gasteiger partial charge in [-0.2, -0.15) is 0 Å². The Morgan fingerprint density at radius 2 is 1.93 bits per heavy atom. The summed E-state index contributed by atoms with van der Waals surface area (Å²) in [5.74, 6) is 0. The van der Waals surface area contributed by atoms with Crippen LogP contribution in [0.3, 0.4) is 0 Å². The summed E-state index contributed by atoms with van der Waals surface area (Å²) in [6, 6.07) is 8.89. The predicted octanol–water partition coefficient (Wildman–Crippen LogP) is 1.90. The number of hydrogen-bond donors (Lipinski definition) is 2. The zero-order chi connectivity index (χ0) is 11.1. The molecule has 0 bridgehead atoms. The average molecular weight is 207 g/mol. The van der Waals surface area contributed by atoms with Crippen LogP contribution in [0.15, 0.2) is 24.3 Å². The zero-order valence-electron chi connectivity index (χ0n) is 9.66. The lowest BCUT2D eigenvalue weighted by Crippen LogP contribution is -2.30. The molecule has 0 saturated heterocycles. The van der Waals surface area contributed by atoms with Crippen LogP contribution in [0.5, 0.6) is 0 Å². The van der Waals surface area contributed by atoms with Gasteiger partial charge in [-0.1, -0.05) is 29.8 Å². The molecule has 0 aromatic heterocycles. The van der Waals surface area contributed by atoms with E-state index in [0.717, 1.165) is 19.4 Å². The first kappa shape index (κ1) is 12.2. The summed E-state index contributed by atoms with van der Waals surface area (Å²) in [6.45, 7) is 5.28. The van der Waals surface area contributed by atoms with E-state index in [1.807, 2.05) is 6.92 Å². The number of nitrogens with one attached hydrogen (secondary N) is 1. The van der Waals surface area contributed by atoms with Gasteiger partial charge in [0.05, 0.1) is 6.61 Å². The first-order valence-corrected chi connectivity index (χ1v) is 5.62.